The maximum absolute atomic E-state index is 14.4. The number of allylic oxidation sites excluding steroid dienone is 3. The number of hydrogen-bond donors (Lipinski definition) is 8. The number of guanidine groups is 1. The van der Waals surface area contributed by atoms with E-state index in [1.54, 1.807) is 13.0 Å². The molecule has 378 valence electrons. The number of H-pyrrole nitrogens is 1. The molecular formula is C58H78N4O8. The molecule has 70 heavy (non-hydrogen) atoms. The van der Waals surface area contributed by atoms with Crippen LogP contribution in [-0.2, 0) is 20.9 Å². The fraction of sp³-hybridized carbons (Fsp3) is 0.672. The number of nitrogens with one attached hydrogen (secondary N) is 2. The van der Waals surface area contributed by atoms with E-state index in [0.29, 0.717) is 62.6 Å². The largest absolute Gasteiger partial charge is 0.465 e. The molecule has 2 heterocycles. The molecule has 0 amide bonds. The number of ether oxygens (including phenoxy) is 1. The Kier molecular flexibility index (Phi) is 13.4. The fourth-order valence-electron chi connectivity index (χ4n) is 16.8. The Balaban J connectivity index is 1.07. The Morgan fingerprint density at radius 1 is 0.957 bits per heavy atom. The molecule has 1 aliphatic heterocycles. The van der Waals surface area contributed by atoms with Crippen LogP contribution in [0.25, 0.3) is 0 Å². The first-order chi connectivity index (χ1) is 33.4. The van der Waals surface area contributed by atoms with Crippen molar-refractivity contribution in [2.75, 3.05) is 13.2 Å². The first-order valence-corrected chi connectivity index (χ1v) is 26.7. The van der Waals surface area contributed by atoms with Gasteiger partial charge >= 0.3 is 5.97 Å². The second-order valence-electron chi connectivity index (χ2n) is 24.1. The van der Waals surface area contributed by atoms with Gasteiger partial charge in [-0.25, -0.2) is 4.99 Å². The van der Waals surface area contributed by atoms with Gasteiger partial charge in [0.15, 0.2) is 11.7 Å². The molecule has 7 aliphatic carbocycles. The highest BCUT2D eigenvalue weighted by Gasteiger charge is 2.73. The van der Waals surface area contributed by atoms with Crippen LogP contribution in [0, 0.1) is 87.8 Å². The van der Waals surface area contributed by atoms with E-state index in [1.165, 1.54) is 12.0 Å². The van der Waals surface area contributed by atoms with Gasteiger partial charge in [-0.05, 0) is 160 Å². The summed E-state index contributed by atoms with van der Waals surface area (Å²) in [5.74, 6) is 6.23. The maximum Gasteiger partial charge on any atom is 0.313 e. The number of rotatable bonds is 7. The molecule has 9 N–H and O–H groups in total. The van der Waals surface area contributed by atoms with Crippen LogP contribution in [0.2, 0.25) is 0 Å². The zero-order valence-electron chi connectivity index (χ0n) is 41.7. The van der Waals surface area contributed by atoms with Gasteiger partial charge in [0.2, 0.25) is 0 Å². The Labute approximate surface area is 414 Å². The number of aromatic nitrogens is 1. The molecule has 1 saturated heterocycles. The molecule has 1 aromatic heterocycles. The second-order valence-corrected chi connectivity index (χ2v) is 24.1. The van der Waals surface area contributed by atoms with Gasteiger partial charge in [0.1, 0.15) is 0 Å². The topological polar surface area (TPSA) is 211 Å². The van der Waals surface area contributed by atoms with Crippen LogP contribution in [0.4, 0.5) is 0 Å². The zero-order valence-corrected chi connectivity index (χ0v) is 41.7. The SMILES string of the molecule is C[C@@H]1CCC2=CC[C@@H]3[C@@H](C[C@@H]([C@@H]4COC(=O)[C@H]4c4cc[nH]c4)C#CC[C@H]4C[C@@]5(O)C6=CC(=O)[C@@H]7C[C@@H](O)[C@@H](O)C[C@]7(C)[C@H]6CC[C@]5(CCNC(N)=NCc5ccccc5)[C@H]4[C@@](C)(O)[C@H](O)C[C@H]3C)[C@@H]2C1. The highest BCUT2D eigenvalue weighted by atomic mass is 16.5. The van der Waals surface area contributed by atoms with Gasteiger partial charge in [-0.1, -0.05) is 68.7 Å². The predicted octanol–water partition coefficient (Wildman–Crippen LogP) is 6.73. The minimum Gasteiger partial charge on any atom is -0.465 e. The Morgan fingerprint density at radius 3 is 2.53 bits per heavy atom. The average molecular weight is 959 g/mol. The molecule has 2 aromatic rings. The van der Waals surface area contributed by atoms with Crippen molar-refractivity contribution in [2.24, 2.45) is 86.7 Å². The normalized spacial score (nSPS) is 44.9. The Hall–Kier alpha value is -4.25. The number of cyclic esters (lactones) is 1. The number of aliphatic imine (C=N–C) groups is 1. The van der Waals surface area contributed by atoms with Crippen molar-refractivity contribution in [1.29, 1.82) is 0 Å². The Bertz CT molecular complexity index is 2420. The molecule has 4 saturated carbocycles. The zero-order chi connectivity index (χ0) is 49.3. The third-order valence-corrected chi connectivity index (χ3v) is 20.3. The number of ketones is 1. The lowest BCUT2D eigenvalue weighted by Crippen LogP contribution is -2.64. The van der Waals surface area contributed by atoms with Crippen molar-refractivity contribution in [2.45, 2.75) is 153 Å². The lowest BCUT2D eigenvalue weighted by molar-refractivity contribution is -0.189. The number of benzene rings is 1. The quantitative estimate of drug-likeness (QED) is 0.0483. The first kappa shape index (κ1) is 49.3. The van der Waals surface area contributed by atoms with E-state index >= 15 is 0 Å². The number of esters is 1. The smallest absolute Gasteiger partial charge is 0.313 e. The van der Waals surface area contributed by atoms with Crippen molar-refractivity contribution in [3.05, 3.63) is 83.2 Å². The van der Waals surface area contributed by atoms with Crippen LogP contribution in [0.1, 0.15) is 128 Å². The summed E-state index contributed by atoms with van der Waals surface area (Å²) in [6.45, 7) is 9.41. The summed E-state index contributed by atoms with van der Waals surface area (Å²) in [5.41, 5.74) is 5.60. The van der Waals surface area contributed by atoms with Crippen LogP contribution < -0.4 is 11.1 Å². The summed E-state index contributed by atoms with van der Waals surface area (Å²) in [6, 6.07) is 11.8. The number of nitrogens with two attached hydrogens (primary N) is 1. The summed E-state index contributed by atoms with van der Waals surface area (Å²) < 4.78 is 5.92. The van der Waals surface area contributed by atoms with Gasteiger partial charge in [-0.3, -0.25) is 9.59 Å². The van der Waals surface area contributed by atoms with Crippen LogP contribution in [-0.4, -0.2) is 90.9 Å². The second kappa shape index (κ2) is 19.0. The van der Waals surface area contributed by atoms with Crippen LogP contribution in [0.15, 0.2) is 77.1 Å². The minimum atomic E-state index is -1.69. The molecule has 0 unspecified atom stereocenters. The molecule has 8 aliphatic rings. The Morgan fingerprint density at radius 2 is 1.76 bits per heavy atom. The first-order valence-electron chi connectivity index (χ1n) is 26.7. The molecule has 12 nitrogen and oxygen atoms in total. The molecule has 19 atom stereocenters. The van der Waals surface area contributed by atoms with E-state index in [4.69, 9.17) is 10.5 Å². The monoisotopic (exact) mass is 959 g/mol. The summed E-state index contributed by atoms with van der Waals surface area (Å²) in [6.07, 6.45) is 12.5. The van der Waals surface area contributed by atoms with Crippen LogP contribution >= 0.6 is 0 Å². The van der Waals surface area contributed by atoms with Gasteiger partial charge in [0, 0.05) is 54.4 Å². The van der Waals surface area contributed by atoms with Gasteiger partial charge < -0.3 is 46.3 Å². The fourth-order valence-corrected chi connectivity index (χ4v) is 16.8. The number of aliphatic hydroxyl groups is 5. The molecule has 12 heteroatoms. The molecule has 10 rings (SSSR count). The summed E-state index contributed by atoms with van der Waals surface area (Å²) >= 11 is 0. The van der Waals surface area contributed by atoms with E-state index in [2.05, 4.69) is 47.1 Å². The van der Waals surface area contributed by atoms with Crippen LogP contribution in [0.3, 0.4) is 0 Å². The van der Waals surface area contributed by atoms with Gasteiger partial charge in [-0.2, -0.15) is 0 Å². The van der Waals surface area contributed by atoms with E-state index in [-0.39, 0.29) is 79.1 Å². The third-order valence-electron chi connectivity index (χ3n) is 20.3. The number of nitrogens with zero attached hydrogens (tertiary/aromatic N) is 1. The highest BCUT2D eigenvalue weighted by molar-refractivity contribution is 5.95. The number of aliphatic hydroxyl groups excluding tert-OH is 3. The van der Waals surface area contributed by atoms with Crippen molar-refractivity contribution in [3.8, 4) is 11.8 Å². The number of fused-ring (bicyclic) bond motifs is 10. The number of aromatic amines is 1. The number of hydrogen-bond acceptors (Lipinski definition) is 9. The van der Waals surface area contributed by atoms with Gasteiger partial charge in [0.25, 0.3) is 0 Å². The molecule has 0 bridgehead atoms. The summed E-state index contributed by atoms with van der Waals surface area (Å²) in [4.78, 5) is 35.9. The molecular weight excluding hydrogens is 881 g/mol. The van der Waals surface area contributed by atoms with Crippen molar-refractivity contribution in [3.63, 3.8) is 0 Å². The lowest BCUT2D eigenvalue weighted by atomic mass is 9.44. The van der Waals surface area contributed by atoms with E-state index in [1.807, 2.05) is 55.7 Å². The predicted molar refractivity (Wildman–Crippen MR) is 267 cm³/mol. The summed E-state index contributed by atoms with van der Waals surface area (Å²) in [5, 5.41) is 65.7. The molecule has 0 spiro atoms. The number of carbonyl (C=O) groups excluding carboxylic acids is 2. The average Bonchev–Trinajstić information content (AvgIpc) is 4.06. The minimum absolute atomic E-state index is 0.0224. The number of carbonyl (C=O) groups is 2. The van der Waals surface area contributed by atoms with Crippen molar-refractivity contribution < 1.29 is 39.9 Å². The van der Waals surface area contributed by atoms with Crippen molar-refractivity contribution >= 4 is 17.7 Å². The summed E-state index contributed by atoms with van der Waals surface area (Å²) in [7, 11) is 0. The molecule has 5 fully saturated rings. The third kappa shape index (κ3) is 8.41. The molecule has 1 aromatic carbocycles. The standard InChI is InChI=1S/C58H78N4O8/c1-33-13-14-36-15-16-40-34(2)24-50(66)56(4,68)52-38(12-8-11-37(25-42(40)41(36)23-33)43-32-70-53(67)51(43)39-18-21-60-31-39)28-58(69)45-26-47(63)46-27-48(64)49(65)29-55(46,3)44(45)17-19-57(52,58)20-22-61-54(59)62-30-35-9-6-5-7-10-35/h5-7,9-10,15,18,21,26,31,33-34,37-38,40-44,46,48-52,60,64-66,68-69H,12-14,16-17,19-20,22-25,27-30,32H2,1-4H3,(H3,59,61,62)/t33-,34-,37+,38+,40+,41-,42-,43+,44+,46+,48-,49+,50-,51+,52-,55-,56+,57+,58-/m1/s1. The van der Waals surface area contributed by atoms with E-state index in [9.17, 15) is 35.1 Å². The highest BCUT2D eigenvalue weighted by Crippen LogP contribution is 2.72. The molecule has 0 radical (unpaired) electrons. The van der Waals surface area contributed by atoms with Gasteiger partial charge in [0.05, 0.1) is 48.6 Å². The van der Waals surface area contributed by atoms with Gasteiger partial charge in [-0.15, -0.1) is 5.92 Å². The van der Waals surface area contributed by atoms with Crippen molar-refractivity contribution in [1.82, 2.24) is 10.3 Å². The van der Waals surface area contributed by atoms with Crippen LogP contribution in [0.5, 0.6) is 0 Å². The van der Waals surface area contributed by atoms with E-state index < -0.39 is 64.0 Å². The van der Waals surface area contributed by atoms with E-state index in [0.717, 1.165) is 36.8 Å². The maximum atomic E-state index is 14.4. The lowest BCUT2D eigenvalue weighted by Gasteiger charge is -2.61.